The lowest BCUT2D eigenvalue weighted by molar-refractivity contribution is -0.358. The minimum Gasteiger partial charge on any atom is -0.487 e. The van der Waals surface area contributed by atoms with Crippen molar-refractivity contribution in [2.45, 2.75) is 44.9 Å². The molecule has 2 aromatic rings. The number of aromatic nitrogens is 1. The Balaban J connectivity index is 2.02. The van der Waals surface area contributed by atoms with Gasteiger partial charge >= 0.3 is 18.0 Å². The summed E-state index contributed by atoms with van der Waals surface area (Å²) in [7, 11) is 0. The van der Waals surface area contributed by atoms with Gasteiger partial charge in [0.1, 0.15) is 5.75 Å². The van der Waals surface area contributed by atoms with Crippen molar-refractivity contribution in [3.8, 4) is 11.6 Å². The number of pyridine rings is 1. The molecule has 0 bridgehead atoms. The van der Waals surface area contributed by atoms with E-state index in [0.29, 0.717) is 11.6 Å². The molecule has 0 atom stereocenters. The molecule has 1 aromatic heterocycles. The van der Waals surface area contributed by atoms with Gasteiger partial charge in [0.05, 0.1) is 17.4 Å². The Bertz CT molecular complexity index is 945. The monoisotopic (exact) mass is 468 g/mol. The van der Waals surface area contributed by atoms with Crippen molar-refractivity contribution in [2.75, 3.05) is 11.9 Å². The molecule has 1 N–H and O–H groups in total. The van der Waals surface area contributed by atoms with Gasteiger partial charge in [-0.1, -0.05) is 0 Å². The molecule has 0 radical (unpaired) electrons. The number of halogens is 7. The van der Waals surface area contributed by atoms with E-state index in [1.165, 1.54) is 24.3 Å². The molecule has 0 aliphatic heterocycles. The number of amides is 1. The van der Waals surface area contributed by atoms with Crippen LogP contribution in [0.25, 0.3) is 0 Å². The summed E-state index contributed by atoms with van der Waals surface area (Å²) in [6, 6.07) is 7.47. The number of benzene rings is 1. The number of hydrogen-bond acceptors (Lipinski definition) is 4. The molecule has 1 heterocycles. The molecule has 176 valence electrons. The fraction of sp³-hybridized carbons (Fsp3) is 0.400. The van der Waals surface area contributed by atoms with Crippen molar-refractivity contribution < 1.29 is 45.0 Å². The number of alkyl halides is 7. The number of nitrogens with zero attached hydrogens (tertiary/aromatic N) is 1. The van der Waals surface area contributed by atoms with Crippen molar-refractivity contribution in [1.82, 2.24) is 4.98 Å². The van der Waals surface area contributed by atoms with Gasteiger partial charge in [0.15, 0.2) is 6.61 Å². The van der Waals surface area contributed by atoms with E-state index in [-0.39, 0.29) is 17.4 Å². The molecule has 0 aliphatic rings. The molecule has 2 rings (SSSR count). The highest BCUT2D eigenvalue weighted by molar-refractivity contribution is 6.05. The van der Waals surface area contributed by atoms with Gasteiger partial charge in [-0.25, -0.2) is 4.98 Å². The molecular weight excluding hydrogens is 449 g/mol. The predicted octanol–water partition coefficient (Wildman–Crippen LogP) is 5.64. The summed E-state index contributed by atoms with van der Waals surface area (Å²) in [6.45, 7) is 3.03. The van der Waals surface area contributed by atoms with Crippen LogP contribution in [0.2, 0.25) is 0 Å². The van der Waals surface area contributed by atoms with Crippen LogP contribution < -0.4 is 14.8 Å². The SMILES string of the molecule is Cc1nc(OC(C)C)ccc1C(=O)Nc1ccc(OCC(F)(F)C(F)(F)C(F)(F)F)cc1. The lowest BCUT2D eigenvalue weighted by Crippen LogP contribution is -2.54. The number of carbonyl (C=O) groups is 1. The molecule has 0 saturated carbocycles. The maximum atomic E-state index is 13.3. The molecule has 0 fully saturated rings. The van der Waals surface area contributed by atoms with Crippen LogP contribution in [-0.4, -0.2) is 41.6 Å². The second-order valence-corrected chi connectivity index (χ2v) is 6.99. The average Bonchev–Trinajstić information content (AvgIpc) is 2.66. The summed E-state index contributed by atoms with van der Waals surface area (Å²) < 4.78 is 98.6. The zero-order chi connectivity index (χ0) is 24.3. The minimum atomic E-state index is -6.43. The summed E-state index contributed by atoms with van der Waals surface area (Å²) in [5, 5.41) is 2.51. The van der Waals surface area contributed by atoms with E-state index in [4.69, 9.17) is 4.74 Å². The zero-order valence-corrected chi connectivity index (χ0v) is 17.1. The molecule has 0 aliphatic carbocycles. The van der Waals surface area contributed by atoms with E-state index in [2.05, 4.69) is 15.0 Å². The van der Waals surface area contributed by atoms with Crippen LogP contribution in [0.15, 0.2) is 36.4 Å². The number of carbonyl (C=O) groups excluding carboxylic acids is 1. The fourth-order valence-electron chi connectivity index (χ4n) is 2.39. The topological polar surface area (TPSA) is 60.5 Å². The van der Waals surface area contributed by atoms with E-state index >= 15 is 0 Å². The predicted molar refractivity (Wildman–Crippen MR) is 101 cm³/mol. The van der Waals surface area contributed by atoms with Gasteiger partial charge in [-0.05, 0) is 51.1 Å². The van der Waals surface area contributed by atoms with Crippen LogP contribution in [0.1, 0.15) is 29.9 Å². The quantitative estimate of drug-likeness (QED) is 0.510. The standard InChI is InChI=1S/C20H19F7N2O3/c1-11(2)32-16-9-8-15(12(3)28-16)17(30)29-13-4-6-14(7-5-13)31-10-18(21,22)19(23,24)20(25,26)27/h4-9,11H,10H2,1-3H3,(H,29,30). The Morgan fingerprint density at radius 3 is 2.09 bits per heavy atom. The van der Waals surface area contributed by atoms with Crippen molar-refractivity contribution in [3.05, 3.63) is 47.7 Å². The van der Waals surface area contributed by atoms with Gasteiger partial charge in [-0.3, -0.25) is 4.79 Å². The summed E-state index contributed by atoms with van der Waals surface area (Å²) in [5.41, 5.74) is 0.806. The number of anilines is 1. The van der Waals surface area contributed by atoms with Crippen molar-refractivity contribution in [2.24, 2.45) is 0 Å². The molecule has 0 saturated heterocycles. The Labute approximate surface area is 178 Å². The molecule has 0 spiro atoms. The van der Waals surface area contributed by atoms with Crippen molar-refractivity contribution in [1.29, 1.82) is 0 Å². The molecule has 0 unspecified atom stereocenters. The van der Waals surface area contributed by atoms with Crippen LogP contribution in [-0.2, 0) is 0 Å². The normalized spacial score (nSPS) is 12.6. The van der Waals surface area contributed by atoms with Gasteiger partial charge in [0.2, 0.25) is 5.88 Å². The van der Waals surface area contributed by atoms with Gasteiger partial charge in [0, 0.05) is 11.8 Å². The molecule has 5 nitrogen and oxygen atoms in total. The Morgan fingerprint density at radius 1 is 1.00 bits per heavy atom. The number of ether oxygens (including phenoxy) is 2. The molecule has 12 heteroatoms. The van der Waals surface area contributed by atoms with Crippen LogP contribution in [0.5, 0.6) is 11.6 Å². The Hall–Kier alpha value is -3.05. The first-order valence-corrected chi connectivity index (χ1v) is 9.15. The second kappa shape index (κ2) is 9.21. The third-order valence-corrected chi connectivity index (χ3v) is 4.01. The van der Waals surface area contributed by atoms with Crippen molar-refractivity contribution >= 4 is 11.6 Å². The first kappa shape index (κ1) is 25.2. The smallest absolute Gasteiger partial charge is 0.460 e. The summed E-state index contributed by atoms with van der Waals surface area (Å²) >= 11 is 0. The third-order valence-electron chi connectivity index (χ3n) is 4.01. The highest BCUT2D eigenvalue weighted by Gasteiger charge is 2.73. The summed E-state index contributed by atoms with van der Waals surface area (Å²) in [4.78, 5) is 16.6. The van der Waals surface area contributed by atoms with E-state index < -0.39 is 36.3 Å². The Morgan fingerprint density at radius 2 is 1.59 bits per heavy atom. The van der Waals surface area contributed by atoms with Crippen LogP contribution >= 0.6 is 0 Å². The molecule has 1 aromatic carbocycles. The van der Waals surface area contributed by atoms with E-state index in [0.717, 1.165) is 12.1 Å². The van der Waals surface area contributed by atoms with E-state index in [9.17, 15) is 35.5 Å². The number of hydrogen-bond donors (Lipinski definition) is 1. The minimum absolute atomic E-state index is 0.109. The van der Waals surface area contributed by atoms with E-state index in [1.807, 2.05) is 13.8 Å². The van der Waals surface area contributed by atoms with Gasteiger partial charge in [-0.15, -0.1) is 0 Å². The summed E-state index contributed by atoms with van der Waals surface area (Å²) in [6.07, 6.45) is -6.54. The lowest BCUT2D eigenvalue weighted by Gasteiger charge is -2.27. The van der Waals surface area contributed by atoms with Crippen molar-refractivity contribution in [3.63, 3.8) is 0 Å². The first-order valence-electron chi connectivity index (χ1n) is 9.15. The zero-order valence-electron chi connectivity index (χ0n) is 17.1. The van der Waals surface area contributed by atoms with Gasteiger partial charge in [0.25, 0.3) is 5.91 Å². The maximum Gasteiger partial charge on any atom is 0.460 e. The Kier molecular flexibility index (Phi) is 7.26. The molecule has 1 amide bonds. The number of nitrogens with one attached hydrogen (secondary N) is 1. The third kappa shape index (κ3) is 5.80. The second-order valence-electron chi connectivity index (χ2n) is 6.99. The number of aryl methyl sites for hydroxylation is 1. The lowest BCUT2D eigenvalue weighted by atomic mass is 10.1. The van der Waals surface area contributed by atoms with Gasteiger partial charge in [-0.2, -0.15) is 30.7 Å². The van der Waals surface area contributed by atoms with Crippen LogP contribution in [0.3, 0.4) is 0 Å². The fourth-order valence-corrected chi connectivity index (χ4v) is 2.39. The van der Waals surface area contributed by atoms with Crippen LogP contribution in [0, 0.1) is 6.92 Å². The van der Waals surface area contributed by atoms with Crippen LogP contribution in [0.4, 0.5) is 36.4 Å². The van der Waals surface area contributed by atoms with E-state index in [1.54, 1.807) is 6.92 Å². The molecular formula is C20H19F7N2O3. The number of rotatable bonds is 8. The average molecular weight is 468 g/mol. The largest absolute Gasteiger partial charge is 0.487 e. The highest BCUT2D eigenvalue weighted by Crippen LogP contribution is 2.46. The molecule has 32 heavy (non-hydrogen) atoms. The first-order chi connectivity index (χ1) is 14.6. The highest BCUT2D eigenvalue weighted by atomic mass is 19.4. The summed E-state index contributed by atoms with van der Waals surface area (Å²) in [5.74, 6) is -12.3. The van der Waals surface area contributed by atoms with Gasteiger partial charge < -0.3 is 14.8 Å². The maximum absolute atomic E-state index is 13.3.